The van der Waals surface area contributed by atoms with Crippen molar-refractivity contribution in [1.29, 1.82) is 0 Å². The van der Waals surface area contributed by atoms with Crippen molar-refractivity contribution in [2.45, 2.75) is 46.1 Å². The number of nitrogens with zero attached hydrogens (tertiary/aromatic N) is 1. The monoisotopic (exact) mass is 299 g/mol. The predicted octanol–water partition coefficient (Wildman–Crippen LogP) is 3.29. The maximum atomic E-state index is 13.7. The lowest BCUT2D eigenvalue weighted by Crippen LogP contribution is -2.37. The third-order valence-corrected chi connectivity index (χ3v) is 3.32. The Hall–Kier alpha value is -1.69. The summed E-state index contributed by atoms with van der Waals surface area (Å²) < 4.78 is 27.4. The lowest BCUT2D eigenvalue weighted by molar-refractivity contribution is 0.0701. The van der Waals surface area contributed by atoms with Crippen LogP contribution in [0.5, 0.6) is 0 Å². The molecule has 6 heteroatoms. The number of amides is 1. The first-order valence-electron chi connectivity index (χ1n) is 7.19. The van der Waals surface area contributed by atoms with Crippen LogP contribution in [-0.2, 0) is 0 Å². The maximum Gasteiger partial charge on any atom is 0.254 e. The molecule has 4 nitrogen and oxygen atoms in total. The summed E-state index contributed by atoms with van der Waals surface area (Å²) in [5.74, 6) is 2.92. The quantitative estimate of drug-likeness (QED) is 0.461. The standard InChI is InChI=1S/C15H23F2N3O/c1-4-5-6-7-20(10(2)3)15(21)11-8-12(16)14(19-18)13(17)9-11/h8-10,19H,4-7,18H2,1-3H3. The number of hydrogen-bond acceptors (Lipinski definition) is 3. The number of hydrazine groups is 1. The van der Waals surface area contributed by atoms with Crippen LogP contribution in [0, 0.1) is 11.6 Å². The summed E-state index contributed by atoms with van der Waals surface area (Å²) >= 11 is 0. The van der Waals surface area contributed by atoms with Crippen molar-refractivity contribution in [3.63, 3.8) is 0 Å². The van der Waals surface area contributed by atoms with Gasteiger partial charge in [0.05, 0.1) is 0 Å². The Labute approximate surface area is 124 Å². The van der Waals surface area contributed by atoms with E-state index < -0.39 is 17.3 Å². The number of unbranched alkanes of at least 4 members (excludes halogenated alkanes) is 2. The molecule has 118 valence electrons. The fourth-order valence-corrected chi connectivity index (χ4v) is 2.13. The van der Waals surface area contributed by atoms with Gasteiger partial charge in [0.2, 0.25) is 0 Å². The van der Waals surface area contributed by atoms with Crippen LogP contribution in [-0.4, -0.2) is 23.4 Å². The van der Waals surface area contributed by atoms with Gasteiger partial charge in [0.1, 0.15) is 5.69 Å². The molecule has 0 unspecified atom stereocenters. The average Bonchev–Trinajstić information content (AvgIpc) is 2.42. The Balaban J connectivity index is 2.98. The summed E-state index contributed by atoms with van der Waals surface area (Å²) in [5, 5.41) is 0. The molecule has 3 N–H and O–H groups in total. The number of nitrogen functional groups attached to an aromatic ring is 1. The molecule has 0 aliphatic heterocycles. The molecule has 0 aromatic heterocycles. The van der Waals surface area contributed by atoms with Crippen molar-refractivity contribution in [3.8, 4) is 0 Å². The van der Waals surface area contributed by atoms with E-state index in [1.807, 2.05) is 19.3 Å². The minimum Gasteiger partial charge on any atom is -0.336 e. The minimum absolute atomic E-state index is 0.00537. The molecule has 0 radical (unpaired) electrons. The van der Waals surface area contributed by atoms with Gasteiger partial charge in [-0.15, -0.1) is 0 Å². The van der Waals surface area contributed by atoms with Crippen LogP contribution in [0.25, 0.3) is 0 Å². The third-order valence-electron chi connectivity index (χ3n) is 3.32. The van der Waals surface area contributed by atoms with E-state index in [2.05, 4.69) is 6.92 Å². The number of carbonyl (C=O) groups is 1. The molecule has 1 rings (SSSR count). The van der Waals surface area contributed by atoms with E-state index in [1.165, 1.54) is 0 Å². The zero-order chi connectivity index (χ0) is 16.0. The molecule has 0 bridgehead atoms. The highest BCUT2D eigenvalue weighted by Crippen LogP contribution is 2.21. The summed E-state index contributed by atoms with van der Waals surface area (Å²) in [7, 11) is 0. The van der Waals surface area contributed by atoms with E-state index in [-0.39, 0.29) is 17.5 Å². The van der Waals surface area contributed by atoms with Gasteiger partial charge in [0.15, 0.2) is 11.6 Å². The Morgan fingerprint density at radius 3 is 2.29 bits per heavy atom. The Kier molecular flexibility index (Phi) is 6.55. The molecule has 0 fully saturated rings. The van der Waals surface area contributed by atoms with E-state index in [4.69, 9.17) is 5.84 Å². The second kappa shape index (κ2) is 7.93. The molecule has 0 aliphatic carbocycles. The number of carbonyl (C=O) groups excluding carboxylic acids is 1. The molecule has 0 saturated heterocycles. The number of benzene rings is 1. The number of halogens is 2. The molecule has 0 spiro atoms. The lowest BCUT2D eigenvalue weighted by Gasteiger charge is -2.27. The van der Waals surface area contributed by atoms with Gasteiger partial charge in [-0.3, -0.25) is 10.6 Å². The Bertz CT molecular complexity index is 469. The van der Waals surface area contributed by atoms with Crippen LogP contribution in [0.2, 0.25) is 0 Å². The van der Waals surface area contributed by atoms with Gasteiger partial charge in [0, 0.05) is 18.2 Å². The summed E-state index contributed by atoms with van der Waals surface area (Å²) in [5.41, 5.74) is 1.51. The van der Waals surface area contributed by atoms with E-state index in [0.29, 0.717) is 6.54 Å². The van der Waals surface area contributed by atoms with Gasteiger partial charge in [-0.2, -0.15) is 0 Å². The zero-order valence-corrected chi connectivity index (χ0v) is 12.7. The number of nitrogens with two attached hydrogens (primary N) is 1. The van der Waals surface area contributed by atoms with E-state index in [0.717, 1.165) is 31.4 Å². The van der Waals surface area contributed by atoms with Crippen LogP contribution >= 0.6 is 0 Å². The fourth-order valence-electron chi connectivity index (χ4n) is 2.13. The van der Waals surface area contributed by atoms with Gasteiger partial charge in [-0.1, -0.05) is 19.8 Å². The zero-order valence-electron chi connectivity index (χ0n) is 12.7. The van der Waals surface area contributed by atoms with E-state index in [1.54, 1.807) is 4.90 Å². The molecule has 21 heavy (non-hydrogen) atoms. The van der Waals surface area contributed by atoms with Gasteiger partial charge < -0.3 is 10.3 Å². The molecule has 1 amide bonds. The predicted molar refractivity (Wildman–Crippen MR) is 79.9 cm³/mol. The van der Waals surface area contributed by atoms with Crippen LogP contribution < -0.4 is 11.3 Å². The molecule has 0 atom stereocenters. The fraction of sp³-hybridized carbons (Fsp3) is 0.533. The number of anilines is 1. The second-order valence-electron chi connectivity index (χ2n) is 5.26. The minimum atomic E-state index is -0.877. The topological polar surface area (TPSA) is 58.4 Å². The van der Waals surface area contributed by atoms with Crippen molar-refractivity contribution in [2.24, 2.45) is 5.84 Å². The van der Waals surface area contributed by atoms with Crippen molar-refractivity contribution in [3.05, 3.63) is 29.3 Å². The van der Waals surface area contributed by atoms with Crippen LogP contribution in [0.4, 0.5) is 14.5 Å². The van der Waals surface area contributed by atoms with E-state index in [9.17, 15) is 13.6 Å². The van der Waals surface area contributed by atoms with Gasteiger partial charge in [-0.25, -0.2) is 8.78 Å². The Morgan fingerprint density at radius 2 is 1.86 bits per heavy atom. The van der Waals surface area contributed by atoms with Crippen molar-refractivity contribution >= 4 is 11.6 Å². The van der Waals surface area contributed by atoms with Crippen molar-refractivity contribution < 1.29 is 13.6 Å². The number of nitrogens with one attached hydrogen (secondary N) is 1. The van der Waals surface area contributed by atoms with Crippen LogP contribution in [0.3, 0.4) is 0 Å². The summed E-state index contributed by atoms with van der Waals surface area (Å²) in [6, 6.07) is 1.99. The van der Waals surface area contributed by atoms with Crippen molar-refractivity contribution in [2.75, 3.05) is 12.0 Å². The first-order chi connectivity index (χ1) is 9.92. The second-order valence-corrected chi connectivity index (χ2v) is 5.26. The molecule has 0 heterocycles. The number of rotatable bonds is 7. The van der Waals surface area contributed by atoms with Gasteiger partial charge >= 0.3 is 0 Å². The molecule has 0 saturated carbocycles. The molecular formula is C15H23F2N3O. The smallest absolute Gasteiger partial charge is 0.254 e. The van der Waals surface area contributed by atoms with Crippen LogP contribution in [0.15, 0.2) is 12.1 Å². The van der Waals surface area contributed by atoms with Gasteiger partial charge in [-0.05, 0) is 32.4 Å². The number of hydrogen-bond donors (Lipinski definition) is 2. The SMILES string of the molecule is CCCCCN(C(=O)c1cc(F)c(NN)c(F)c1)C(C)C. The third kappa shape index (κ3) is 4.39. The first-order valence-corrected chi connectivity index (χ1v) is 7.19. The highest BCUT2D eigenvalue weighted by Gasteiger charge is 2.21. The van der Waals surface area contributed by atoms with Crippen LogP contribution in [0.1, 0.15) is 50.4 Å². The average molecular weight is 299 g/mol. The summed E-state index contributed by atoms with van der Waals surface area (Å²) in [6.07, 6.45) is 2.92. The highest BCUT2D eigenvalue weighted by molar-refractivity contribution is 5.94. The van der Waals surface area contributed by atoms with E-state index >= 15 is 0 Å². The van der Waals surface area contributed by atoms with Gasteiger partial charge in [0.25, 0.3) is 5.91 Å². The molecule has 1 aromatic carbocycles. The normalized spacial score (nSPS) is 10.8. The highest BCUT2D eigenvalue weighted by atomic mass is 19.1. The maximum absolute atomic E-state index is 13.7. The molecule has 0 aliphatic rings. The summed E-state index contributed by atoms with van der Waals surface area (Å²) in [4.78, 5) is 14.0. The van der Waals surface area contributed by atoms with Crippen molar-refractivity contribution in [1.82, 2.24) is 4.90 Å². The summed E-state index contributed by atoms with van der Waals surface area (Å²) in [6.45, 7) is 6.41. The Morgan fingerprint density at radius 1 is 1.29 bits per heavy atom. The lowest BCUT2D eigenvalue weighted by atomic mass is 10.1. The largest absolute Gasteiger partial charge is 0.336 e. The molecular weight excluding hydrogens is 276 g/mol. The first kappa shape index (κ1) is 17.4. The molecule has 1 aromatic rings.